The van der Waals surface area contributed by atoms with E-state index < -0.39 is 0 Å². The van der Waals surface area contributed by atoms with E-state index in [1.165, 1.54) is 19.4 Å². The molecule has 0 amide bonds. The molecule has 0 radical (unpaired) electrons. The average molecular weight is 295 g/mol. The van der Waals surface area contributed by atoms with Gasteiger partial charge in [-0.15, -0.1) is 0 Å². The molecule has 1 saturated heterocycles. The third kappa shape index (κ3) is 7.26. The van der Waals surface area contributed by atoms with Gasteiger partial charge in [0.15, 0.2) is 0 Å². The summed E-state index contributed by atoms with van der Waals surface area (Å²) in [6.07, 6.45) is 7.00. The fourth-order valence-corrected chi connectivity index (χ4v) is 2.88. The molecule has 0 aromatic carbocycles. The van der Waals surface area contributed by atoms with Crippen LogP contribution in [-0.4, -0.2) is 49.3 Å². The highest BCUT2D eigenvalue weighted by atomic mass is 16.5. The zero-order valence-electron chi connectivity index (χ0n) is 14.2. The van der Waals surface area contributed by atoms with Crippen LogP contribution < -0.4 is 5.32 Å². The predicted octanol–water partition coefficient (Wildman–Crippen LogP) is 2.94. The highest BCUT2D eigenvalue weighted by molar-refractivity contribution is 5.03. The Morgan fingerprint density at radius 1 is 1.38 bits per heavy atom. The summed E-state index contributed by atoms with van der Waals surface area (Å²) in [7, 11) is 0. The minimum atomic E-state index is -0.371. The second kappa shape index (κ2) is 10.2. The predicted molar refractivity (Wildman–Crippen MR) is 87.3 cm³/mol. The third-order valence-electron chi connectivity index (χ3n) is 4.18. The van der Waals surface area contributed by atoms with E-state index in [-0.39, 0.29) is 5.54 Å². The number of nitrogens with zero attached hydrogens (tertiary/aromatic N) is 2. The SMILES string of the molecule is CCCNC(C)(C#N)CCCN1CCCC(OCCC)C1. The van der Waals surface area contributed by atoms with Gasteiger partial charge in [0.2, 0.25) is 0 Å². The Morgan fingerprint density at radius 3 is 2.86 bits per heavy atom. The molecule has 1 N–H and O–H groups in total. The molecule has 1 aliphatic heterocycles. The van der Waals surface area contributed by atoms with E-state index >= 15 is 0 Å². The number of rotatable bonds is 10. The maximum Gasteiger partial charge on any atom is 0.103 e. The molecule has 122 valence electrons. The van der Waals surface area contributed by atoms with Gasteiger partial charge in [0.1, 0.15) is 5.54 Å². The summed E-state index contributed by atoms with van der Waals surface area (Å²) in [5.41, 5.74) is -0.371. The Labute approximate surface area is 130 Å². The Morgan fingerprint density at radius 2 is 2.19 bits per heavy atom. The number of hydrogen-bond donors (Lipinski definition) is 1. The molecule has 2 atom stereocenters. The average Bonchev–Trinajstić information content (AvgIpc) is 2.51. The number of ether oxygens (including phenoxy) is 1. The molecular weight excluding hydrogens is 262 g/mol. The maximum absolute atomic E-state index is 9.34. The van der Waals surface area contributed by atoms with Crippen LogP contribution in [0.5, 0.6) is 0 Å². The molecular formula is C17H33N3O. The van der Waals surface area contributed by atoms with Crippen LogP contribution in [-0.2, 0) is 4.74 Å². The van der Waals surface area contributed by atoms with Crippen molar-refractivity contribution >= 4 is 0 Å². The largest absolute Gasteiger partial charge is 0.377 e. The normalized spacial score (nSPS) is 22.7. The molecule has 0 aromatic rings. The topological polar surface area (TPSA) is 48.3 Å². The first-order valence-corrected chi connectivity index (χ1v) is 8.63. The second-order valence-corrected chi connectivity index (χ2v) is 6.41. The highest BCUT2D eigenvalue weighted by Gasteiger charge is 2.24. The fourth-order valence-electron chi connectivity index (χ4n) is 2.88. The first-order valence-electron chi connectivity index (χ1n) is 8.63. The van der Waals surface area contributed by atoms with E-state index in [1.54, 1.807) is 0 Å². The summed E-state index contributed by atoms with van der Waals surface area (Å²) in [6, 6.07) is 2.43. The molecule has 0 spiro atoms. The Balaban J connectivity index is 2.26. The minimum Gasteiger partial charge on any atom is -0.377 e. The lowest BCUT2D eigenvalue weighted by molar-refractivity contribution is -0.000588. The standard InChI is InChI=1S/C17H33N3O/c1-4-10-19-17(3,15-18)9-7-12-20-11-6-8-16(14-20)21-13-5-2/h16,19H,4-14H2,1-3H3. The van der Waals surface area contributed by atoms with Gasteiger partial charge in [0, 0.05) is 13.2 Å². The Hall–Kier alpha value is -0.630. The van der Waals surface area contributed by atoms with Crippen molar-refractivity contribution in [3.8, 4) is 6.07 Å². The van der Waals surface area contributed by atoms with Crippen molar-refractivity contribution in [2.75, 3.05) is 32.8 Å². The molecule has 4 heteroatoms. The molecule has 1 fully saturated rings. The Kier molecular flexibility index (Phi) is 8.91. The molecule has 0 saturated carbocycles. The van der Waals surface area contributed by atoms with Crippen molar-refractivity contribution in [1.29, 1.82) is 5.26 Å². The highest BCUT2D eigenvalue weighted by Crippen LogP contribution is 2.16. The summed E-state index contributed by atoms with van der Waals surface area (Å²) in [6.45, 7) is 11.4. The van der Waals surface area contributed by atoms with Crippen LogP contribution >= 0.6 is 0 Å². The molecule has 1 rings (SSSR count). The summed E-state index contributed by atoms with van der Waals surface area (Å²) >= 11 is 0. The van der Waals surface area contributed by atoms with Gasteiger partial charge in [0.05, 0.1) is 12.2 Å². The van der Waals surface area contributed by atoms with E-state index in [0.29, 0.717) is 6.10 Å². The van der Waals surface area contributed by atoms with Crippen LogP contribution in [0.15, 0.2) is 0 Å². The van der Waals surface area contributed by atoms with Crippen molar-refractivity contribution in [3.05, 3.63) is 0 Å². The van der Waals surface area contributed by atoms with Crippen molar-refractivity contribution in [1.82, 2.24) is 10.2 Å². The van der Waals surface area contributed by atoms with Gasteiger partial charge in [0.25, 0.3) is 0 Å². The van der Waals surface area contributed by atoms with Gasteiger partial charge in [-0.05, 0) is 65.1 Å². The number of piperidine rings is 1. The first-order chi connectivity index (χ1) is 10.1. The van der Waals surface area contributed by atoms with Crippen LogP contribution in [0.4, 0.5) is 0 Å². The molecule has 21 heavy (non-hydrogen) atoms. The van der Waals surface area contributed by atoms with Crippen LogP contribution in [0, 0.1) is 11.3 Å². The van der Waals surface area contributed by atoms with Crippen LogP contribution in [0.1, 0.15) is 59.3 Å². The van der Waals surface area contributed by atoms with E-state index in [1.807, 2.05) is 6.92 Å². The quantitative estimate of drug-likeness (QED) is 0.673. The summed E-state index contributed by atoms with van der Waals surface area (Å²) in [5, 5.41) is 12.7. The fraction of sp³-hybridized carbons (Fsp3) is 0.941. The summed E-state index contributed by atoms with van der Waals surface area (Å²) in [4.78, 5) is 2.50. The summed E-state index contributed by atoms with van der Waals surface area (Å²) < 4.78 is 5.88. The Bertz CT molecular complexity index is 316. The van der Waals surface area contributed by atoms with Crippen LogP contribution in [0.25, 0.3) is 0 Å². The summed E-state index contributed by atoms with van der Waals surface area (Å²) in [5.74, 6) is 0. The number of nitriles is 1. The molecule has 0 aromatic heterocycles. The van der Waals surface area contributed by atoms with Crippen molar-refractivity contribution in [3.63, 3.8) is 0 Å². The zero-order chi connectivity index (χ0) is 15.6. The lowest BCUT2D eigenvalue weighted by Gasteiger charge is -2.33. The maximum atomic E-state index is 9.34. The van der Waals surface area contributed by atoms with E-state index in [0.717, 1.165) is 51.9 Å². The molecule has 0 aliphatic carbocycles. The van der Waals surface area contributed by atoms with E-state index in [9.17, 15) is 5.26 Å². The number of likely N-dealkylation sites (tertiary alicyclic amines) is 1. The van der Waals surface area contributed by atoms with Gasteiger partial charge in [-0.25, -0.2) is 0 Å². The third-order valence-corrected chi connectivity index (χ3v) is 4.18. The van der Waals surface area contributed by atoms with Crippen molar-refractivity contribution in [2.45, 2.75) is 70.9 Å². The molecule has 2 unspecified atom stereocenters. The molecule has 4 nitrogen and oxygen atoms in total. The number of nitrogens with one attached hydrogen (secondary N) is 1. The monoisotopic (exact) mass is 295 g/mol. The lowest BCUT2D eigenvalue weighted by Crippen LogP contribution is -2.43. The number of hydrogen-bond acceptors (Lipinski definition) is 4. The molecule has 1 heterocycles. The second-order valence-electron chi connectivity index (χ2n) is 6.41. The van der Waals surface area contributed by atoms with Gasteiger partial charge in [-0.2, -0.15) is 5.26 Å². The van der Waals surface area contributed by atoms with Crippen LogP contribution in [0.2, 0.25) is 0 Å². The van der Waals surface area contributed by atoms with E-state index in [2.05, 4.69) is 30.1 Å². The van der Waals surface area contributed by atoms with E-state index in [4.69, 9.17) is 4.74 Å². The van der Waals surface area contributed by atoms with Gasteiger partial charge in [-0.3, -0.25) is 5.32 Å². The van der Waals surface area contributed by atoms with Gasteiger partial charge < -0.3 is 9.64 Å². The van der Waals surface area contributed by atoms with Gasteiger partial charge in [-0.1, -0.05) is 13.8 Å². The zero-order valence-corrected chi connectivity index (χ0v) is 14.2. The van der Waals surface area contributed by atoms with Crippen molar-refractivity contribution < 1.29 is 4.74 Å². The van der Waals surface area contributed by atoms with Crippen molar-refractivity contribution in [2.24, 2.45) is 0 Å². The minimum absolute atomic E-state index is 0.371. The first kappa shape index (κ1) is 18.4. The molecule has 0 bridgehead atoms. The smallest absolute Gasteiger partial charge is 0.103 e. The lowest BCUT2D eigenvalue weighted by atomic mass is 9.97. The van der Waals surface area contributed by atoms with Gasteiger partial charge >= 0.3 is 0 Å². The van der Waals surface area contributed by atoms with Crippen LogP contribution in [0.3, 0.4) is 0 Å². The molecule has 1 aliphatic rings.